The van der Waals surface area contributed by atoms with E-state index in [4.69, 9.17) is 0 Å². The summed E-state index contributed by atoms with van der Waals surface area (Å²) in [5.41, 5.74) is 0.0229. The van der Waals surface area contributed by atoms with Crippen molar-refractivity contribution < 1.29 is 9.59 Å². The van der Waals surface area contributed by atoms with Crippen molar-refractivity contribution in [3.63, 3.8) is 0 Å². The molecular formula is C11H16N4O2. The fourth-order valence-electron chi connectivity index (χ4n) is 1.79. The van der Waals surface area contributed by atoms with Crippen LogP contribution in [0.25, 0.3) is 0 Å². The maximum absolute atomic E-state index is 12.1. The fourth-order valence-corrected chi connectivity index (χ4v) is 1.79. The Morgan fingerprint density at radius 1 is 1.47 bits per heavy atom. The number of amides is 2. The summed E-state index contributed by atoms with van der Waals surface area (Å²) in [4.78, 5) is 25.1. The predicted molar refractivity (Wildman–Crippen MR) is 60.8 cm³/mol. The topological polar surface area (TPSA) is 67.2 Å². The van der Waals surface area contributed by atoms with Crippen LogP contribution in [-0.2, 0) is 23.2 Å². The minimum Gasteiger partial charge on any atom is -0.295 e. The number of aromatic nitrogens is 2. The van der Waals surface area contributed by atoms with E-state index in [1.807, 2.05) is 0 Å². The lowest BCUT2D eigenvalue weighted by atomic mass is 10.0. The van der Waals surface area contributed by atoms with Gasteiger partial charge in [0, 0.05) is 13.2 Å². The molecule has 1 fully saturated rings. The van der Waals surface area contributed by atoms with Gasteiger partial charge in [0.2, 0.25) is 11.8 Å². The van der Waals surface area contributed by atoms with Gasteiger partial charge >= 0.3 is 0 Å². The first-order valence-electron chi connectivity index (χ1n) is 5.48. The van der Waals surface area contributed by atoms with Crippen molar-refractivity contribution >= 4 is 11.8 Å². The van der Waals surface area contributed by atoms with E-state index in [-0.39, 0.29) is 24.9 Å². The Hall–Kier alpha value is -1.69. The van der Waals surface area contributed by atoms with Crippen LogP contribution in [0.3, 0.4) is 0 Å². The molecule has 0 bridgehead atoms. The first-order valence-corrected chi connectivity index (χ1v) is 5.48. The van der Waals surface area contributed by atoms with Crippen molar-refractivity contribution in [1.82, 2.24) is 20.0 Å². The summed E-state index contributed by atoms with van der Waals surface area (Å²) >= 11 is 0. The molecule has 1 saturated heterocycles. The van der Waals surface area contributed by atoms with Crippen LogP contribution in [0, 0.1) is 0 Å². The first-order chi connectivity index (χ1) is 7.90. The molecular weight excluding hydrogens is 220 g/mol. The smallest absolute Gasteiger partial charge is 0.249 e. The molecule has 2 rings (SSSR count). The third-order valence-electron chi connectivity index (χ3n) is 2.85. The number of nitrogens with one attached hydrogen (secondary N) is 1. The average Bonchev–Trinajstić information content (AvgIpc) is 2.66. The van der Waals surface area contributed by atoms with Crippen LogP contribution in [0.15, 0.2) is 12.3 Å². The maximum Gasteiger partial charge on any atom is 0.249 e. The summed E-state index contributed by atoms with van der Waals surface area (Å²) in [6, 6.07) is 1.80. The lowest BCUT2D eigenvalue weighted by Gasteiger charge is -2.36. The van der Waals surface area contributed by atoms with E-state index in [2.05, 4.69) is 10.4 Å². The zero-order chi connectivity index (χ0) is 12.6. The molecule has 6 heteroatoms. The van der Waals surface area contributed by atoms with Crippen LogP contribution in [0.4, 0.5) is 0 Å². The molecule has 0 spiro atoms. The summed E-state index contributed by atoms with van der Waals surface area (Å²) in [6.45, 7) is 3.97. The van der Waals surface area contributed by atoms with E-state index >= 15 is 0 Å². The van der Waals surface area contributed by atoms with Gasteiger partial charge in [0.25, 0.3) is 0 Å². The predicted octanol–water partition coefficient (Wildman–Crippen LogP) is -0.343. The van der Waals surface area contributed by atoms with Gasteiger partial charge in [-0.3, -0.25) is 24.5 Å². The molecule has 0 radical (unpaired) electrons. The van der Waals surface area contributed by atoms with Crippen molar-refractivity contribution in [1.29, 1.82) is 0 Å². The first kappa shape index (κ1) is 11.8. The highest BCUT2D eigenvalue weighted by Crippen LogP contribution is 2.15. The van der Waals surface area contributed by atoms with Crippen LogP contribution >= 0.6 is 0 Å². The molecule has 17 heavy (non-hydrogen) atoms. The van der Waals surface area contributed by atoms with E-state index < -0.39 is 5.54 Å². The molecule has 6 nitrogen and oxygen atoms in total. The Labute approximate surface area is 99.6 Å². The van der Waals surface area contributed by atoms with Gasteiger partial charge in [-0.15, -0.1) is 0 Å². The Kier molecular flexibility index (Phi) is 2.74. The van der Waals surface area contributed by atoms with Crippen LogP contribution in [0.2, 0.25) is 0 Å². The van der Waals surface area contributed by atoms with Gasteiger partial charge in [-0.1, -0.05) is 0 Å². The number of hydrogen-bond acceptors (Lipinski definition) is 4. The number of piperazine rings is 1. The largest absolute Gasteiger partial charge is 0.295 e. The quantitative estimate of drug-likeness (QED) is 0.713. The number of hydrogen-bond donors (Lipinski definition) is 1. The number of carbonyl (C=O) groups excluding carboxylic acids is 2. The second kappa shape index (κ2) is 3.96. The number of carbonyl (C=O) groups is 2. The van der Waals surface area contributed by atoms with Gasteiger partial charge in [-0.2, -0.15) is 5.10 Å². The maximum atomic E-state index is 12.1. The second-order valence-corrected chi connectivity index (χ2v) is 4.74. The zero-order valence-corrected chi connectivity index (χ0v) is 10.2. The molecule has 0 saturated carbocycles. The molecule has 0 aromatic carbocycles. The number of nitrogens with zero attached hydrogens (tertiary/aromatic N) is 3. The summed E-state index contributed by atoms with van der Waals surface area (Å²) in [7, 11) is 1.80. The monoisotopic (exact) mass is 236 g/mol. The highest BCUT2D eigenvalue weighted by molar-refractivity contribution is 6.02. The third-order valence-corrected chi connectivity index (χ3v) is 2.85. The van der Waals surface area contributed by atoms with Crippen molar-refractivity contribution in [3.8, 4) is 0 Å². The van der Waals surface area contributed by atoms with Crippen molar-refractivity contribution in [3.05, 3.63) is 18.0 Å². The van der Waals surface area contributed by atoms with Gasteiger partial charge in [0.15, 0.2) is 0 Å². The van der Waals surface area contributed by atoms with Crippen molar-refractivity contribution in [2.45, 2.75) is 25.9 Å². The second-order valence-electron chi connectivity index (χ2n) is 4.74. The highest BCUT2D eigenvalue weighted by atomic mass is 16.2. The van der Waals surface area contributed by atoms with Crippen LogP contribution < -0.4 is 5.32 Å². The molecule has 1 aliphatic rings. The summed E-state index contributed by atoms with van der Waals surface area (Å²) < 4.78 is 1.65. The normalized spacial score (nSPS) is 19.8. The molecule has 2 amide bonds. The van der Waals surface area contributed by atoms with E-state index in [9.17, 15) is 9.59 Å². The van der Waals surface area contributed by atoms with E-state index in [0.717, 1.165) is 0 Å². The highest BCUT2D eigenvalue weighted by Gasteiger charge is 2.39. The molecule has 0 atom stereocenters. The van der Waals surface area contributed by atoms with Gasteiger partial charge in [-0.25, -0.2) is 0 Å². The number of rotatable bonds is 2. The molecule has 1 aromatic rings. The number of aryl methyl sites for hydroxylation is 1. The molecule has 1 aromatic heterocycles. The van der Waals surface area contributed by atoms with Crippen LogP contribution in [0.1, 0.15) is 19.5 Å². The van der Waals surface area contributed by atoms with Crippen molar-refractivity contribution in [2.24, 2.45) is 7.05 Å². The Morgan fingerprint density at radius 3 is 2.76 bits per heavy atom. The van der Waals surface area contributed by atoms with E-state index in [1.165, 1.54) is 4.90 Å². The van der Waals surface area contributed by atoms with Gasteiger partial charge < -0.3 is 0 Å². The Balaban J connectivity index is 2.18. The zero-order valence-electron chi connectivity index (χ0n) is 10.2. The molecule has 0 unspecified atom stereocenters. The molecule has 2 heterocycles. The third kappa shape index (κ3) is 2.21. The summed E-state index contributed by atoms with van der Waals surface area (Å²) in [5.74, 6) is -0.417. The molecule has 92 valence electrons. The standard InChI is InChI=1S/C11H16N4O2/c1-11(2)10(17)15(9(16)6-12-11)7-8-4-5-14(3)13-8/h4-5,12H,6-7H2,1-3H3. The van der Waals surface area contributed by atoms with Gasteiger partial charge in [-0.05, 0) is 19.9 Å². The Bertz CT molecular complexity index is 464. The minimum atomic E-state index is -0.692. The minimum absolute atomic E-state index is 0.186. The van der Waals surface area contributed by atoms with Crippen LogP contribution in [-0.4, -0.2) is 38.6 Å². The molecule has 1 aliphatic heterocycles. The van der Waals surface area contributed by atoms with E-state index in [0.29, 0.717) is 5.69 Å². The lowest BCUT2D eigenvalue weighted by molar-refractivity contribution is -0.153. The lowest BCUT2D eigenvalue weighted by Crippen LogP contribution is -2.63. The van der Waals surface area contributed by atoms with Gasteiger partial charge in [0.05, 0.1) is 24.3 Å². The van der Waals surface area contributed by atoms with Crippen molar-refractivity contribution in [2.75, 3.05) is 6.54 Å². The average molecular weight is 236 g/mol. The van der Waals surface area contributed by atoms with Gasteiger partial charge in [0.1, 0.15) is 0 Å². The van der Waals surface area contributed by atoms with Crippen LogP contribution in [0.5, 0.6) is 0 Å². The van der Waals surface area contributed by atoms with E-state index in [1.54, 1.807) is 37.8 Å². The Morgan fingerprint density at radius 2 is 2.18 bits per heavy atom. The number of imide groups is 1. The molecule has 0 aliphatic carbocycles. The molecule has 1 N–H and O–H groups in total. The fraction of sp³-hybridized carbons (Fsp3) is 0.545. The summed E-state index contributed by atoms with van der Waals surface area (Å²) in [5, 5.41) is 7.08. The SMILES string of the molecule is Cn1ccc(CN2C(=O)CNC(C)(C)C2=O)n1. The summed E-state index contributed by atoms with van der Waals surface area (Å²) in [6.07, 6.45) is 1.79.